The smallest absolute Gasteiger partial charge is 0.105 e. The Kier molecular flexibility index (Phi) is 4.40. The number of hydrogen-bond acceptors (Lipinski definition) is 2. The van der Waals surface area contributed by atoms with Crippen LogP contribution in [0.1, 0.15) is 44.3 Å². The van der Waals surface area contributed by atoms with E-state index in [2.05, 4.69) is 32.2 Å². The normalized spacial score (nSPS) is 13.5. The Balaban J connectivity index is 2.52. The quantitative estimate of drug-likeness (QED) is 0.803. The predicted molar refractivity (Wildman–Crippen MR) is 63.9 cm³/mol. The number of hydrogen-bond donors (Lipinski definition) is 1. The first-order chi connectivity index (χ1) is 7.04. The third kappa shape index (κ3) is 3.38. The molecule has 0 aromatic carbocycles. The van der Waals surface area contributed by atoms with Crippen molar-refractivity contribution in [2.24, 2.45) is 5.92 Å². The van der Waals surface area contributed by atoms with Gasteiger partial charge < -0.3 is 9.73 Å². The largest absolute Gasteiger partial charge is 0.466 e. The van der Waals surface area contributed by atoms with Crippen LogP contribution in [-0.4, -0.2) is 6.04 Å². The Bertz CT molecular complexity index is 301. The zero-order chi connectivity index (χ0) is 11.4. The van der Waals surface area contributed by atoms with E-state index in [1.54, 1.807) is 0 Å². The van der Waals surface area contributed by atoms with Gasteiger partial charge in [0.25, 0.3) is 0 Å². The first-order valence-corrected chi connectivity index (χ1v) is 5.83. The second-order valence-corrected chi connectivity index (χ2v) is 4.58. The molecule has 15 heavy (non-hydrogen) atoms. The summed E-state index contributed by atoms with van der Waals surface area (Å²) in [7, 11) is 0. The van der Waals surface area contributed by atoms with Gasteiger partial charge in [0.05, 0.1) is 0 Å². The average Bonchev–Trinajstić information content (AvgIpc) is 2.45. The first kappa shape index (κ1) is 12.3. The fourth-order valence-corrected chi connectivity index (χ4v) is 1.95. The molecular formula is C13H23NO. The minimum absolute atomic E-state index is 0.597. The fourth-order valence-electron chi connectivity index (χ4n) is 1.95. The van der Waals surface area contributed by atoms with Gasteiger partial charge in [0.1, 0.15) is 11.5 Å². The van der Waals surface area contributed by atoms with Crippen LogP contribution in [0.3, 0.4) is 0 Å². The van der Waals surface area contributed by atoms with Gasteiger partial charge in [0, 0.05) is 18.2 Å². The van der Waals surface area contributed by atoms with Crippen molar-refractivity contribution in [2.45, 2.75) is 53.6 Å². The second-order valence-electron chi connectivity index (χ2n) is 4.58. The van der Waals surface area contributed by atoms with Crippen LogP contribution in [0.25, 0.3) is 0 Å². The summed E-state index contributed by atoms with van der Waals surface area (Å²) < 4.78 is 5.50. The monoisotopic (exact) mass is 209 g/mol. The standard InChI is InChI=1S/C13H23NO/c1-6-13(9(2)3)14-8-12-7-10(4)15-11(12)5/h7,9,13-14H,6,8H2,1-5H3. The number of rotatable bonds is 5. The van der Waals surface area contributed by atoms with E-state index in [-0.39, 0.29) is 0 Å². The number of furan rings is 1. The van der Waals surface area contributed by atoms with Crippen LogP contribution in [0.15, 0.2) is 10.5 Å². The molecule has 0 radical (unpaired) electrons. The van der Waals surface area contributed by atoms with Crippen molar-refractivity contribution in [3.63, 3.8) is 0 Å². The van der Waals surface area contributed by atoms with Gasteiger partial charge in [-0.05, 0) is 32.3 Å². The molecule has 0 fully saturated rings. The van der Waals surface area contributed by atoms with Gasteiger partial charge in [-0.1, -0.05) is 20.8 Å². The molecule has 2 heteroatoms. The Morgan fingerprint density at radius 3 is 2.40 bits per heavy atom. The minimum atomic E-state index is 0.597. The van der Waals surface area contributed by atoms with Crippen LogP contribution < -0.4 is 5.32 Å². The molecule has 1 rings (SSSR count). The summed E-state index contributed by atoms with van der Waals surface area (Å²) in [6, 6.07) is 2.72. The highest BCUT2D eigenvalue weighted by atomic mass is 16.3. The van der Waals surface area contributed by atoms with Crippen molar-refractivity contribution >= 4 is 0 Å². The highest BCUT2D eigenvalue weighted by Crippen LogP contribution is 2.14. The molecule has 1 unspecified atom stereocenters. The van der Waals surface area contributed by atoms with E-state index in [1.165, 1.54) is 12.0 Å². The van der Waals surface area contributed by atoms with E-state index < -0.39 is 0 Å². The minimum Gasteiger partial charge on any atom is -0.466 e. The van der Waals surface area contributed by atoms with E-state index in [0.717, 1.165) is 18.1 Å². The van der Waals surface area contributed by atoms with Crippen LogP contribution in [0.4, 0.5) is 0 Å². The van der Waals surface area contributed by atoms with Crippen LogP contribution in [0.5, 0.6) is 0 Å². The molecular weight excluding hydrogens is 186 g/mol. The molecule has 0 aliphatic heterocycles. The molecule has 1 atom stereocenters. The lowest BCUT2D eigenvalue weighted by Crippen LogP contribution is -2.32. The molecule has 0 aliphatic carbocycles. The van der Waals surface area contributed by atoms with Crippen LogP contribution in [0.2, 0.25) is 0 Å². The van der Waals surface area contributed by atoms with Crippen LogP contribution in [0, 0.1) is 19.8 Å². The summed E-state index contributed by atoms with van der Waals surface area (Å²) in [6.45, 7) is 11.7. The van der Waals surface area contributed by atoms with E-state index in [9.17, 15) is 0 Å². The van der Waals surface area contributed by atoms with Crippen molar-refractivity contribution in [2.75, 3.05) is 0 Å². The topological polar surface area (TPSA) is 25.2 Å². The highest BCUT2D eigenvalue weighted by molar-refractivity contribution is 5.19. The zero-order valence-electron chi connectivity index (χ0n) is 10.6. The maximum Gasteiger partial charge on any atom is 0.105 e. The summed E-state index contributed by atoms with van der Waals surface area (Å²) in [4.78, 5) is 0. The fraction of sp³-hybridized carbons (Fsp3) is 0.692. The van der Waals surface area contributed by atoms with Gasteiger partial charge in [-0.25, -0.2) is 0 Å². The summed E-state index contributed by atoms with van der Waals surface area (Å²) in [5.74, 6) is 2.73. The molecule has 86 valence electrons. The maximum atomic E-state index is 5.50. The molecule has 0 saturated heterocycles. The summed E-state index contributed by atoms with van der Waals surface area (Å²) >= 11 is 0. The van der Waals surface area contributed by atoms with Crippen molar-refractivity contribution in [3.8, 4) is 0 Å². The van der Waals surface area contributed by atoms with Gasteiger partial charge in [-0.3, -0.25) is 0 Å². The van der Waals surface area contributed by atoms with Gasteiger partial charge in [-0.15, -0.1) is 0 Å². The third-order valence-corrected chi connectivity index (χ3v) is 2.94. The van der Waals surface area contributed by atoms with Crippen LogP contribution in [-0.2, 0) is 6.54 Å². The van der Waals surface area contributed by atoms with Crippen molar-refractivity contribution in [1.82, 2.24) is 5.32 Å². The summed E-state index contributed by atoms with van der Waals surface area (Å²) in [5, 5.41) is 3.58. The van der Waals surface area contributed by atoms with Gasteiger partial charge in [0.15, 0.2) is 0 Å². The Morgan fingerprint density at radius 2 is 2.00 bits per heavy atom. The number of aryl methyl sites for hydroxylation is 2. The third-order valence-electron chi connectivity index (χ3n) is 2.94. The molecule has 1 aromatic heterocycles. The van der Waals surface area contributed by atoms with Gasteiger partial charge in [0.2, 0.25) is 0 Å². The molecule has 0 amide bonds. The Hall–Kier alpha value is -0.760. The average molecular weight is 209 g/mol. The second kappa shape index (κ2) is 5.36. The zero-order valence-corrected chi connectivity index (χ0v) is 10.6. The van der Waals surface area contributed by atoms with Crippen molar-refractivity contribution < 1.29 is 4.42 Å². The highest BCUT2D eigenvalue weighted by Gasteiger charge is 2.11. The Morgan fingerprint density at radius 1 is 1.33 bits per heavy atom. The molecule has 1 heterocycles. The van der Waals surface area contributed by atoms with Gasteiger partial charge >= 0.3 is 0 Å². The summed E-state index contributed by atoms with van der Waals surface area (Å²) in [5.41, 5.74) is 1.28. The molecule has 1 N–H and O–H groups in total. The van der Waals surface area contributed by atoms with E-state index in [4.69, 9.17) is 4.42 Å². The molecule has 0 spiro atoms. The first-order valence-electron chi connectivity index (χ1n) is 5.83. The molecule has 2 nitrogen and oxygen atoms in total. The van der Waals surface area contributed by atoms with Crippen molar-refractivity contribution in [3.05, 3.63) is 23.2 Å². The lowest BCUT2D eigenvalue weighted by Gasteiger charge is -2.20. The maximum absolute atomic E-state index is 5.50. The summed E-state index contributed by atoms with van der Waals surface area (Å²) in [6.07, 6.45) is 1.17. The molecule has 1 aromatic rings. The SMILES string of the molecule is CCC(NCc1cc(C)oc1C)C(C)C. The predicted octanol–water partition coefficient (Wildman–Crippen LogP) is 3.42. The van der Waals surface area contributed by atoms with E-state index >= 15 is 0 Å². The Labute approximate surface area is 93.1 Å². The van der Waals surface area contributed by atoms with Gasteiger partial charge in [-0.2, -0.15) is 0 Å². The van der Waals surface area contributed by atoms with Crippen LogP contribution >= 0.6 is 0 Å². The molecule has 0 aliphatic rings. The van der Waals surface area contributed by atoms with Crippen molar-refractivity contribution in [1.29, 1.82) is 0 Å². The molecule has 0 bridgehead atoms. The number of nitrogens with one attached hydrogen (secondary N) is 1. The van der Waals surface area contributed by atoms with E-state index in [0.29, 0.717) is 12.0 Å². The lowest BCUT2D eigenvalue weighted by atomic mass is 10.0. The lowest BCUT2D eigenvalue weighted by molar-refractivity contribution is 0.385. The van der Waals surface area contributed by atoms with E-state index in [1.807, 2.05) is 13.8 Å². The molecule has 0 saturated carbocycles.